The third kappa shape index (κ3) is 3.01. The average Bonchev–Trinajstić information content (AvgIpc) is 2.89. The van der Waals surface area contributed by atoms with Crippen LogP contribution >= 0.6 is 0 Å². The number of hydrogen-bond donors (Lipinski definition) is 1. The van der Waals surface area contributed by atoms with E-state index in [1.54, 1.807) is 24.3 Å². The molecule has 23 heavy (non-hydrogen) atoms. The molecular formula is C15H11F3N4O. The van der Waals surface area contributed by atoms with Gasteiger partial charge in [0.05, 0.1) is 16.8 Å². The molecule has 2 aromatic carbocycles. The topological polar surface area (TPSA) is 59.8 Å². The predicted molar refractivity (Wildman–Crippen MR) is 78.2 cm³/mol. The second-order valence-corrected chi connectivity index (χ2v) is 4.93. The number of amides is 1. The normalized spacial score (nSPS) is 11.7. The van der Waals surface area contributed by atoms with Crippen LogP contribution < -0.4 is 5.32 Å². The third-order valence-electron chi connectivity index (χ3n) is 3.21. The van der Waals surface area contributed by atoms with Crippen molar-refractivity contribution in [1.29, 1.82) is 0 Å². The molecule has 3 aromatic rings. The molecule has 0 atom stereocenters. The Morgan fingerprint density at radius 2 is 1.83 bits per heavy atom. The molecule has 0 saturated carbocycles. The van der Waals surface area contributed by atoms with Crippen LogP contribution in [0.15, 0.2) is 42.5 Å². The number of alkyl halides is 3. The molecule has 3 rings (SSSR count). The largest absolute Gasteiger partial charge is 0.416 e. The first-order chi connectivity index (χ1) is 10.8. The van der Waals surface area contributed by atoms with Crippen LogP contribution in [0, 0.1) is 0 Å². The summed E-state index contributed by atoms with van der Waals surface area (Å²) in [5, 5.41) is 10.4. The minimum atomic E-state index is -4.43. The van der Waals surface area contributed by atoms with Gasteiger partial charge in [-0.1, -0.05) is 5.21 Å². The van der Waals surface area contributed by atoms with Crippen LogP contribution in [0.2, 0.25) is 0 Å². The van der Waals surface area contributed by atoms with Gasteiger partial charge in [-0.2, -0.15) is 13.2 Å². The smallest absolute Gasteiger partial charge is 0.326 e. The van der Waals surface area contributed by atoms with E-state index < -0.39 is 11.7 Å². The molecule has 118 valence electrons. The summed E-state index contributed by atoms with van der Waals surface area (Å²) in [4.78, 5) is 11.0. The lowest BCUT2D eigenvalue weighted by Crippen LogP contribution is -2.06. The van der Waals surface area contributed by atoms with Crippen LogP contribution in [-0.2, 0) is 11.0 Å². The molecule has 0 aliphatic rings. The molecule has 1 aromatic heterocycles. The Morgan fingerprint density at radius 3 is 2.43 bits per heavy atom. The highest BCUT2D eigenvalue weighted by Crippen LogP contribution is 2.31. The standard InChI is InChI=1S/C15H11F3N4O/c1-9(23)19-11-3-5-12(6-4-11)22-14-8-10(15(16,17)18)2-7-13(14)20-21-22/h2-8H,1H3,(H,19,23). The van der Waals surface area contributed by atoms with Crippen LogP contribution in [0.25, 0.3) is 16.7 Å². The molecule has 0 aliphatic carbocycles. The van der Waals surface area contributed by atoms with E-state index in [0.717, 1.165) is 12.1 Å². The fourth-order valence-corrected chi connectivity index (χ4v) is 2.18. The third-order valence-corrected chi connectivity index (χ3v) is 3.21. The monoisotopic (exact) mass is 320 g/mol. The van der Waals surface area contributed by atoms with Crippen LogP contribution in [0.1, 0.15) is 12.5 Å². The van der Waals surface area contributed by atoms with Crippen LogP contribution in [0.3, 0.4) is 0 Å². The van der Waals surface area contributed by atoms with Gasteiger partial charge in [-0.05, 0) is 42.5 Å². The molecule has 1 amide bonds. The Bertz CT molecular complexity index is 869. The minimum Gasteiger partial charge on any atom is -0.326 e. The molecule has 0 radical (unpaired) electrons. The van der Waals surface area contributed by atoms with Gasteiger partial charge >= 0.3 is 6.18 Å². The number of carbonyl (C=O) groups excluding carboxylic acids is 1. The van der Waals surface area contributed by atoms with E-state index in [-0.39, 0.29) is 11.4 Å². The zero-order valence-electron chi connectivity index (χ0n) is 11.9. The zero-order valence-corrected chi connectivity index (χ0v) is 11.9. The van der Waals surface area contributed by atoms with Gasteiger partial charge in [-0.3, -0.25) is 4.79 Å². The van der Waals surface area contributed by atoms with Gasteiger partial charge in [0.2, 0.25) is 5.91 Å². The van der Waals surface area contributed by atoms with Gasteiger partial charge in [-0.15, -0.1) is 5.10 Å². The molecule has 0 fully saturated rings. The molecule has 1 heterocycles. The predicted octanol–water partition coefficient (Wildman–Crippen LogP) is 3.40. The average molecular weight is 320 g/mol. The van der Waals surface area contributed by atoms with Gasteiger partial charge < -0.3 is 5.32 Å². The van der Waals surface area contributed by atoms with E-state index in [0.29, 0.717) is 16.9 Å². The number of halogens is 3. The Morgan fingerprint density at radius 1 is 1.13 bits per heavy atom. The zero-order chi connectivity index (χ0) is 16.6. The molecular weight excluding hydrogens is 309 g/mol. The number of rotatable bonds is 2. The number of nitrogens with zero attached hydrogens (tertiary/aromatic N) is 3. The van der Waals surface area contributed by atoms with Gasteiger partial charge in [-0.25, -0.2) is 4.68 Å². The molecule has 8 heteroatoms. The van der Waals surface area contributed by atoms with E-state index in [2.05, 4.69) is 15.6 Å². The SMILES string of the molecule is CC(=O)Nc1ccc(-n2nnc3ccc(C(F)(F)F)cc32)cc1. The highest BCUT2D eigenvalue weighted by atomic mass is 19.4. The first kappa shape index (κ1) is 15.0. The minimum absolute atomic E-state index is 0.209. The number of hydrogen-bond acceptors (Lipinski definition) is 3. The fourth-order valence-electron chi connectivity index (χ4n) is 2.18. The van der Waals surface area contributed by atoms with Crippen LogP contribution in [-0.4, -0.2) is 20.9 Å². The highest BCUT2D eigenvalue weighted by molar-refractivity contribution is 5.88. The Balaban J connectivity index is 2.04. The number of fused-ring (bicyclic) bond motifs is 1. The Kier molecular flexibility index (Phi) is 3.51. The maximum atomic E-state index is 12.8. The molecule has 0 spiro atoms. The molecule has 1 N–H and O–H groups in total. The lowest BCUT2D eigenvalue weighted by Gasteiger charge is -2.08. The number of benzene rings is 2. The lowest BCUT2D eigenvalue weighted by molar-refractivity contribution is -0.137. The van der Waals surface area contributed by atoms with Crippen molar-refractivity contribution in [1.82, 2.24) is 15.0 Å². The first-order valence-corrected chi connectivity index (χ1v) is 6.65. The molecule has 5 nitrogen and oxygen atoms in total. The maximum Gasteiger partial charge on any atom is 0.416 e. The van der Waals surface area contributed by atoms with Gasteiger partial charge in [0, 0.05) is 12.6 Å². The molecule has 0 aliphatic heterocycles. The van der Waals surface area contributed by atoms with E-state index in [1.165, 1.54) is 17.7 Å². The van der Waals surface area contributed by atoms with Gasteiger partial charge in [0.25, 0.3) is 0 Å². The maximum absolute atomic E-state index is 12.8. The number of anilines is 1. The first-order valence-electron chi connectivity index (χ1n) is 6.65. The number of aromatic nitrogens is 3. The van der Waals surface area contributed by atoms with Crippen LogP contribution in [0.5, 0.6) is 0 Å². The van der Waals surface area contributed by atoms with Crippen molar-refractivity contribution in [2.75, 3.05) is 5.32 Å². The lowest BCUT2D eigenvalue weighted by atomic mass is 10.2. The fraction of sp³-hybridized carbons (Fsp3) is 0.133. The van der Waals surface area contributed by atoms with E-state index in [4.69, 9.17) is 0 Å². The Labute approximate surface area is 128 Å². The van der Waals surface area contributed by atoms with Crippen molar-refractivity contribution in [3.8, 4) is 5.69 Å². The van der Waals surface area contributed by atoms with Crippen molar-refractivity contribution in [2.45, 2.75) is 13.1 Å². The summed E-state index contributed by atoms with van der Waals surface area (Å²) < 4.78 is 39.8. The quantitative estimate of drug-likeness (QED) is 0.787. The molecule has 0 unspecified atom stereocenters. The summed E-state index contributed by atoms with van der Waals surface area (Å²) in [5.74, 6) is -0.209. The van der Waals surface area contributed by atoms with Crippen molar-refractivity contribution in [2.24, 2.45) is 0 Å². The second kappa shape index (κ2) is 5.38. The van der Waals surface area contributed by atoms with E-state index in [9.17, 15) is 18.0 Å². The summed E-state index contributed by atoms with van der Waals surface area (Å²) in [6, 6.07) is 9.82. The van der Waals surface area contributed by atoms with E-state index in [1.807, 2.05) is 0 Å². The summed E-state index contributed by atoms with van der Waals surface area (Å²) in [5.41, 5.74) is 0.988. The van der Waals surface area contributed by atoms with Crippen molar-refractivity contribution in [3.63, 3.8) is 0 Å². The highest BCUT2D eigenvalue weighted by Gasteiger charge is 2.31. The summed E-state index contributed by atoms with van der Waals surface area (Å²) >= 11 is 0. The van der Waals surface area contributed by atoms with Gasteiger partial charge in [0.15, 0.2) is 0 Å². The molecule has 0 saturated heterocycles. The van der Waals surface area contributed by atoms with Crippen molar-refractivity contribution >= 4 is 22.6 Å². The molecule has 0 bridgehead atoms. The Hall–Kier alpha value is -2.90. The summed E-state index contributed by atoms with van der Waals surface area (Å²) in [6.07, 6.45) is -4.43. The summed E-state index contributed by atoms with van der Waals surface area (Å²) in [7, 11) is 0. The summed E-state index contributed by atoms with van der Waals surface area (Å²) in [6.45, 7) is 1.39. The van der Waals surface area contributed by atoms with Gasteiger partial charge in [0.1, 0.15) is 5.52 Å². The second-order valence-electron chi connectivity index (χ2n) is 4.93. The van der Waals surface area contributed by atoms with Crippen molar-refractivity contribution < 1.29 is 18.0 Å². The van der Waals surface area contributed by atoms with E-state index >= 15 is 0 Å². The van der Waals surface area contributed by atoms with Crippen LogP contribution in [0.4, 0.5) is 18.9 Å². The number of carbonyl (C=O) groups is 1. The van der Waals surface area contributed by atoms with Crippen molar-refractivity contribution in [3.05, 3.63) is 48.0 Å². The number of nitrogens with one attached hydrogen (secondary N) is 1.